The second kappa shape index (κ2) is 6.12. The lowest BCUT2D eigenvalue weighted by Gasteiger charge is -2.25. The van der Waals surface area contributed by atoms with Gasteiger partial charge in [0.15, 0.2) is 0 Å². The molecule has 17 heavy (non-hydrogen) atoms. The van der Waals surface area contributed by atoms with Gasteiger partial charge in [-0.05, 0) is 20.4 Å². The summed E-state index contributed by atoms with van der Waals surface area (Å²) in [5.41, 5.74) is -0.397. The van der Waals surface area contributed by atoms with E-state index in [4.69, 9.17) is 0 Å². The van der Waals surface area contributed by atoms with Crippen molar-refractivity contribution in [2.75, 3.05) is 13.1 Å². The maximum absolute atomic E-state index is 12.0. The molecule has 2 N–H and O–H groups in total. The van der Waals surface area contributed by atoms with Crippen molar-refractivity contribution in [3.63, 3.8) is 0 Å². The van der Waals surface area contributed by atoms with Crippen LogP contribution in [0.2, 0.25) is 0 Å². The maximum Gasteiger partial charge on any atom is 0.224 e. The van der Waals surface area contributed by atoms with Crippen LogP contribution in [0.15, 0.2) is 11.6 Å². The lowest BCUT2D eigenvalue weighted by molar-refractivity contribution is -0.126. The van der Waals surface area contributed by atoms with Gasteiger partial charge in [-0.15, -0.1) is 11.3 Å². The third-order valence-corrected chi connectivity index (χ3v) is 3.65. The molecule has 0 radical (unpaired) electrons. The molecule has 1 rings (SSSR count). The molecule has 0 spiro atoms. The highest BCUT2D eigenvalue weighted by Crippen LogP contribution is 2.22. The number of hydrogen-bond acceptors (Lipinski definition) is 4. The Bertz CT molecular complexity index is 349. The molecule has 1 heterocycles. The fourth-order valence-corrected chi connectivity index (χ4v) is 2.19. The minimum atomic E-state index is -0.397. The van der Waals surface area contributed by atoms with Crippen LogP contribution in [0.4, 0.5) is 0 Å². The average molecular weight is 255 g/mol. The van der Waals surface area contributed by atoms with Gasteiger partial charge in [0.1, 0.15) is 5.01 Å². The van der Waals surface area contributed by atoms with Crippen LogP contribution in [0.1, 0.15) is 32.7 Å². The highest BCUT2D eigenvalue weighted by Gasteiger charge is 2.27. The fraction of sp³-hybridized carbons (Fsp3) is 0.667. The molecule has 0 aliphatic rings. The first-order valence-corrected chi connectivity index (χ1v) is 6.78. The summed E-state index contributed by atoms with van der Waals surface area (Å²) in [5.74, 6) is 0.0281. The van der Waals surface area contributed by atoms with Crippen LogP contribution in [0.5, 0.6) is 0 Å². The zero-order chi connectivity index (χ0) is 12.9. The minimum absolute atomic E-state index is 0.0332. The molecular weight excluding hydrogens is 234 g/mol. The van der Waals surface area contributed by atoms with E-state index in [0.717, 1.165) is 11.6 Å². The van der Waals surface area contributed by atoms with E-state index in [0.29, 0.717) is 6.54 Å². The molecule has 0 aliphatic carbocycles. The first-order valence-electron chi connectivity index (χ1n) is 5.90. The molecule has 0 saturated carbocycles. The molecule has 0 fully saturated rings. The minimum Gasteiger partial charge on any atom is -0.344 e. The summed E-state index contributed by atoms with van der Waals surface area (Å²) in [6, 6.07) is 0. The van der Waals surface area contributed by atoms with Gasteiger partial charge in [0.05, 0.1) is 5.54 Å². The molecule has 96 valence electrons. The van der Waals surface area contributed by atoms with Crippen molar-refractivity contribution < 1.29 is 4.79 Å². The smallest absolute Gasteiger partial charge is 0.224 e. The highest BCUT2D eigenvalue weighted by atomic mass is 32.1. The molecule has 1 atom stereocenters. The Balaban J connectivity index is 2.55. The number of thiazole rings is 1. The number of nitrogens with zero attached hydrogens (tertiary/aromatic N) is 1. The average Bonchev–Trinajstić information content (AvgIpc) is 2.79. The van der Waals surface area contributed by atoms with Gasteiger partial charge in [-0.3, -0.25) is 4.79 Å². The van der Waals surface area contributed by atoms with Crippen LogP contribution in [-0.2, 0) is 10.3 Å². The molecular formula is C12H21N3OS. The van der Waals surface area contributed by atoms with Crippen LogP contribution in [0.25, 0.3) is 0 Å². The molecule has 0 aliphatic heterocycles. The number of carbonyl (C=O) groups excluding carboxylic acids is 1. The zero-order valence-electron chi connectivity index (χ0n) is 10.9. The van der Waals surface area contributed by atoms with Crippen LogP contribution in [-0.4, -0.2) is 24.0 Å². The SMILES string of the molecule is CCNCC(C)C(=O)NC(C)(C)c1nccs1. The number of nitrogens with one attached hydrogen (secondary N) is 2. The van der Waals surface area contributed by atoms with E-state index in [1.807, 2.05) is 33.1 Å². The lowest BCUT2D eigenvalue weighted by Crippen LogP contribution is -2.45. The van der Waals surface area contributed by atoms with Crippen molar-refractivity contribution >= 4 is 17.2 Å². The van der Waals surface area contributed by atoms with Crippen LogP contribution in [0, 0.1) is 5.92 Å². The molecule has 4 nitrogen and oxygen atoms in total. The van der Waals surface area contributed by atoms with Crippen molar-refractivity contribution in [2.24, 2.45) is 5.92 Å². The van der Waals surface area contributed by atoms with Gasteiger partial charge in [-0.1, -0.05) is 13.8 Å². The molecule has 0 bridgehead atoms. The molecule has 1 aromatic heterocycles. The quantitative estimate of drug-likeness (QED) is 0.814. The van der Waals surface area contributed by atoms with E-state index in [9.17, 15) is 4.79 Å². The maximum atomic E-state index is 12.0. The molecule has 1 amide bonds. The van der Waals surface area contributed by atoms with Crippen LogP contribution >= 0.6 is 11.3 Å². The van der Waals surface area contributed by atoms with Gasteiger partial charge in [-0.2, -0.15) is 0 Å². The Morgan fingerprint density at radius 1 is 1.59 bits per heavy atom. The van der Waals surface area contributed by atoms with Gasteiger partial charge in [-0.25, -0.2) is 4.98 Å². The third-order valence-electron chi connectivity index (χ3n) is 2.55. The summed E-state index contributed by atoms with van der Waals surface area (Å²) in [5, 5.41) is 9.07. The fourth-order valence-electron chi connectivity index (χ4n) is 1.47. The van der Waals surface area contributed by atoms with E-state index in [2.05, 4.69) is 15.6 Å². The summed E-state index contributed by atoms with van der Waals surface area (Å²) in [6.45, 7) is 9.50. The first-order chi connectivity index (χ1) is 7.97. The van der Waals surface area contributed by atoms with Crippen molar-refractivity contribution in [2.45, 2.75) is 33.2 Å². The molecule has 1 aromatic rings. The summed E-state index contributed by atoms with van der Waals surface area (Å²) in [7, 11) is 0. The lowest BCUT2D eigenvalue weighted by atomic mass is 10.0. The Kier molecular flexibility index (Phi) is 5.08. The first kappa shape index (κ1) is 14.1. The second-order valence-electron chi connectivity index (χ2n) is 4.66. The molecule has 1 unspecified atom stereocenters. The summed E-state index contributed by atoms with van der Waals surface area (Å²) < 4.78 is 0. The monoisotopic (exact) mass is 255 g/mol. The van der Waals surface area contributed by atoms with E-state index in [1.165, 1.54) is 0 Å². The summed E-state index contributed by atoms with van der Waals surface area (Å²) in [4.78, 5) is 16.2. The normalized spacial score (nSPS) is 13.4. The molecule has 0 saturated heterocycles. The molecule has 0 aromatic carbocycles. The summed E-state index contributed by atoms with van der Waals surface area (Å²) >= 11 is 1.56. The Labute approximate surface area is 107 Å². The van der Waals surface area contributed by atoms with Gasteiger partial charge in [0, 0.05) is 24.0 Å². The van der Waals surface area contributed by atoms with E-state index in [1.54, 1.807) is 17.5 Å². The van der Waals surface area contributed by atoms with Gasteiger partial charge in [0.2, 0.25) is 5.91 Å². The van der Waals surface area contributed by atoms with E-state index < -0.39 is 5.54 Å². The third kappa shape index (κ3) is 4.09. The largest absolute Gasteiger partial charge is 0.344 e. The van der Waals surface area contributed by atoms with Crippen LogP contribution < -0.4 is 10.6 Å². The number of amides is 1. The van der Waals surface area contributed by atoms with Crippen molar-refractivity contribution in [1.82, 2.24) is 15.6 Å². The Hall–Kier alpha value is -0.940. The Morgan fingerprint density at radius 2 is 2.29 bits per heavy atom. The van der Waals surface area contributed by atoms with E-state index in [-0.39, 0.29) is 11.8 Å². The predicted molar refractivity (Wildman–Crippen MR) is 71.0 cm³/mol. The van der Waals surface area contributed by atoms with Crippen molar-refractivity contribution in [3.8, 4) is 0 Å². The molecule has 5 heteroatoms. The van der Waals surface area contributed by atoms with Crippen molar-refractivity contribution in [3.05, 3.63) is 16.6 Å². The second-order valence-corrected chi connectivity index (χ2v) is 5.55. The zero-order valence-corrected chi connectivity index (χ0v) is 11.7. The number of aromatic nitrogens is 1. The van der Waals surface area contributed by atoms with Gasteiger partial charge >= 0.3 is 0 Å². The van der Waals surface area contributed by atoms with Crippen molar-refractivity contribution in [1.29, 1.82) is 0 Å². The topological polar surface area (TPSA) is 54.0 Å². The number of rotatable bonds is 6. The van der Waals surface area contributed by atoms with Crippen LogP contribution in [0.3, 0.4) is 0 Å². The Morgan fingerprint density at radius 3 is 2.82 bits per heavy atom. The van der Waals surface area contributed by atoms with Gasteiger partial charge in [0.25, 0.3) is 0 Å². The highest BCUT2D eigenvalue weighted by molar-refractivity contribution is 7.09. The number of hydrogen-bond donors (Lipinski definition) is 2. The number of carbonyl (C=O) groups is 1. The standard InChI is InChI=1S/C12H21N3OS/c1-5-13-8-9(2)10(16)15-12(3,4)11-14-6-7-17-11/h6-7,9,13H,5,8H2,1-4H3,(H,15,16). The van der Waals surface area contributed by atoms with E-state index >= 15 is 0 Å². The predicted octanol–water partition coefficient (Wildman–Crippen LogP) is 1.74. The summed E-state index contributed by atoms with van der Waals surface area (Å²) in [6.07, 6.45) is 1.76. The van der Waals surface area contributed by atoms with Gasteiger partial charge < -0.3 is 10.6 Å².